The lowest BCUT2D eigenvalue weighted by Crippen LogP contribution is -2.53. The van der Waals surface area contributed by atoms with Gasteiger partial charge in [0, 0.05) is 27.9 Å². The van der Waals surface area contributed by atoms with Gasteiger partial charge in [0.1, 0.15) is 11.5 Å². The largest absolute Gasteiger partial charge is 0.508 e. The van der Waals surface area contributed by atoms with Crippen molar-refractivity contribution in [1.82, 2.24) is 0 Å². The van der Waals surface area contributed by atoms with Gasteiger partial charge in [-0.25, -0.2) is 4.90 Å². The van der Waals surface area contributed by atoms with Crippen LogP contribution in [0.5, 0.6) is 11.5 Å². The SMILES string of the molecule is COc1ccc(O)c(C2C3=CCC4C(=O)N(c5ccc(Nc6ccccc6)cc5)C(=O)C4C3CC3C(=O)N(c4cccc(Cl)c4)C(=O)C32c2ccccc2)c1. The first kappa shape index (κ1) is 34.6. The highest BCUT2D eigenvalue weighted by atomic mass is 35.5. The number of amides is 4. The van der Waals surface area contributed by atoms with Crippen LogP contribution in [-0.2, 0) is 24.6 Å². The summed E-state index contributed by atoms with van der Waals surface area (Å²) < 4.78 is 5.63. The molecule has 9 nitrogen and oxygen atoms in total. The van der Waals surface area contributed by atoms with Crippen molar-refractivity contribution >= 4 is 58.0 Å². The summed E-state index contributed by atoms with van der Waals surface area (Å²) in [5, 5.41) is 15.4. The summed E-state index contributed by atoms with van der Waals surface area (Å²) in [5.41, 5.74) is 2.72. The van der Waals surface area contributed by atoms with Crippen LogP contribution in [0, 0.1) is 23.7 Å². The number of aromatic hydroxyl groups is 1. The number of carbonyl (C=O) groups excluding carboxylic acids is 4. The number of halogens is 1. The highest BCUT2D eigenvalue weighted by molar-refractivity contribution is 6.32. The Bertz CT molecular complexity index is 2400. The number of anilines is 4. The molecule has 2 aliphatic carbocycles. The molecule has 1 saturated carbocycles. The van der Waals surface area contributed by atoms with Crippen molar-refractivity contribution in [3.05, 3.63) is 155 Å². The number of imide groups is 2. The lowest BCUT2D eigenvalue weighted by molar-refractivity contribution is -0.127. The van der Waals surface area contributed by atoms with Gasteiger partial charge in [0.05, 0.1) is 41.7 Å². The molecule has 6 atom stereocenters. The molecule has 3 fully saturated rings. The van der Waals surface area contributed by atoms with Crippen LogP contribution in [0.1, 0.15) is 29.9 Å². The maximum absolute atomic E-state index is 15.4. The number of phenolic OH excluding ortho intramolecular Hbond substituents is 1. The van der Waals surface area contributed by atoms with Crippen LogP contribution >= 0.6 is 11.6 Å². The van der Waals surface area contributed by atoms with Gasteiger partial charge in [-0.05, 0) is 97.1 Å². The minimum Gasteiger partial charge on any atom is -0.508 e. The Morgan fingerprint density at radius 2 is 1.44 bits per heavy atom. The second-order valence-corrected chi connectivity index (χ2v) is 15.0. The zero-order chi connectivity index (χ0) is 38.0. The van der Waals surface area contributed by atoms with E-state index in [4.69, 9.17) is 16.3 Å². The quantitative estimate of drug-likeness (QED) is 0.127. The van der Waals surface area contributed by atoms with E-state index >= 15 is 4.79 Å². The molecule has 5 aromatic carbocycles. The van der Waals surface area contributed by atoms with E-state index in [0.717, 1.165) is 16.9 Å². The molecule has 0 bridgehead atoms. The zero-order valence-electron chi connectivity index (χ0n) is 29.8. The summed E-state index contributed by atoms with van der Waals surface area (Å²) in [6.07, 6.45) is 2.36. The summed E-state index contributed by atoms with van der Waals surface area (Å²) in [6.45, 7) is 0. The molecular formula is C45H36ClN3O6. The molecule has 2 heterocycles. The molecule has 4 amide bonds. The molecule has 274 valence electrons. The lowest BCUT2D eigenvalue weighted by Gasteiger charge is -2.50. The van der Waals surface area contributed by atoms with Crippen molar-refractivity contribution < 1.29 is 29.0 Å². The number of hydrogen-bond acceptors (Lipinski definition) is 7. The van der Waals surface area contributed by atoms with Crippen LogP contribution in [0.4, 0.5) is 22.7 Å². The Morgan fingerprint density at radius 1 is 0.727 bits per heavy atom. The Morgan fingerprint density at radius 3 is 2.15 bits per heavy atom. The van der Waals surface area contributed by atoms with Gasteiger partial charge in [-0.1, -0.05) is 77.8 Å². The number of rotatable bonds is 7. The first-order chi connectivity index (χ1) is 26.7. The van der Waals surface area contributed by atoms with Crippen LogP contribution in [0.15, 0.2) is 139 Å². The fourth-order valence-corrected chi connectivity index (χ4v) is 9.80. The molecular weight excluding hydrogens is 714 g/mol. The van der Waals surface area contributed by atoms with Gasteiger partial charge in [0.15, 0.2) is 0 Å². The minimum absolute atomic E-state index is 0.0790. The van der Waals surface area contributed by atoms with Crippen LogP contribution in [0.2, 0.25) is 5.02 Å². The summed E-state index contributed by atoms with van der Waals surface area (Å²) >= 11 is 6.42. The molecule has 55 heavy (non-hydrogen) atoms. The molecule has 9 rings (SSSR count). The number of allylic oxidation sites excluding steroid dienone is 2. The number of ether oxygens (including phenoxy) is 1. The average molecular weight is 750 g/mol. The first-order valence-corrected chi connectivity index (χ1v) is 18.7. The molecule has 0 aromatic heterocycles. The van der Waals surface area contributed by atoms with Crippen LogP contribution in [-0.4, -0.2) is 35.8 Å². The molecule has 2 saturated heterocycles. The molecule has 4 aliphatic rings. The molecule has 10 heteroatoms. The van der Waals surface area contributed by atoms with Gasteiger partial charge < -0.3 is 15.2 Å². The first-order valence-electron chi connectivity index (χ1n) is 18.3. The molecule has 2 aliphatic heterocycles. The third-order valence-corrected chi connectivity index (χ3v) is 12.1. The number of phenols is 1. The van der Waals surface area contributed by atoms with E-state index in [-0.39, 0.29) is 30.4 Å². The topological polar surface area (TPSA) is 116 Å². The monoisotopic (exact) mass is 749 g/mol. The predicted octanol–water partition coefficient (Wildman–Crippen LogP) is 8.16. The predicted molar refractivity (Wildman–Crippen MR) is 209 cm³/mol. The Hall–Kier alpha value is -6.19. The van der Waals surface area contributed by atoms with E-state index in [1.165, 1.54) is 23.0 Å². The fourth-order valence-electron chi connectivity index (χ4n) is 9.62. The Labute approximate surface area is 322 Å². The van der Waals surface area contributed by atoms with Crippen molar-refractivity contribution in [3.63, 3.8) is 0 Å². The van der Waals surface area contributed by atoms with Gasteiger partial charge >= 0.3 is 0 Å². The van der Waals surface area contributed by atoms with Gasteiger partial charge in [-0.15, -0.1) is 0 Å². The van der Waals surface area contributed by atoms with Crippen molar-refractivity contribution in [2.45, 2.75) is 24.2 Å². The number of hydrogen-bond donors (Lipinski definition) is 2. The van der Waals surface area contributed by atoms with E-state index in [1.54, 1.807) is 48.5 Å². The fraction of sp³-hybridized carbons (Fsp3) is 0.200. The number of fused-ring (bicyclic) bond motifs is 4. The van der Waals surface area contributed by atoms with Crippen molar-refractivity contribution in [2.75, 3.05) is 22.2 Å². The molecule has 0 spiro atoms. The maximum atomic E-state index is 15.4. The van der Waals surface area contributed by atoms with Crippen molar-refractivity contribution in [2.24, 2.45) is 23.7 Å². The smallest absolute Gasteiger partial charge is 0.246 e. The van der Waals surface area contributed by atoms with Crippen LogP contribution in [0.3, 0.4) is 0 Å². The summed E-state index contributed by atoms with van der Waals surface area (Å²) in [6, 6.07) is 37.6. The molecule has 0 radical (unpaired) electrons. The number of para-hydroxylation sites is 1. The standard InChI is InChI=1S/C45H36ClN3O6/c1-55-32-19-22-38(50)36(24-32)40-33-20-21-34-39(43(53)48(41(34)51)30-17-15-29(16-18-30)47-28-12-6-3-7-13-28)35(33)25-37-42(52)49(31-14-8-11-27(46)23-31)44(54)45(37,40)26-9-4-2-5-10-26/h2-20,22-24,34-35,37,39-40,47,50H,21,25H2,1H3. The number of carbonyl (C=O) groups is 4. The van der Waals surface area contributed by atoms with Gasteiger partial charge in [0.25, 0.3) is 0 Å². The number of benzene rings is 5. The van der Waals surface area contributed by atoms with Gasteiger partial charge in [0.2, 0.25) is 23.6 Å². The number of nitrogens with zero attached hydrogens (tertiary/aromatic N) is 2. The Kier molecular flexibility index (Phi) is 8.35. The molecule has 2 N–H and O–H groups in total. The highest BCUT2D eigenvalue weighted by Crippen LogP contribution is 2.65. The average Bonchev–Trinajstić information content (AvgIpc) is 3.60. The van der Waals surface area contributed by atoms with Crippen LogP contribution in [0.25, 0.3) is 0 Å². The van der Waals surface area contributed by atoms with E-state index in [1.807, 2.05) is 78.9 Å². The zero-order valence-corrected chi connectivity index (χ0v) is 30.5. The lowest BCUT2D eigenvalue weighted by atomic mass is 9.49. The normalized spacial score (nSPS) is 25.6. The van der Waals surface area contributed by atoms with Crippen molar-refractivity contribution in [3.8, 4) is 11.5 Å². The van der Waals surface area contributed by atoms with Gasteiger partial charge in [-0.2, -0.15) is 0 Å². The second-order valence-electron chi connectivity index (χ2n) is 14.6. The van der Waals surface area contributed by atoms with E-state index < -0.39 is 46.8 Å². The number of nitrogens with one attached hydrogen (secondary N) is 1. The summed E-state index contributed by atoms with van der Waals surface area (Å²) in [4.78, 5) is 61.8. The highest BCUT2D eigenvalue weighted by Gasteiger charge is 2.70. The van der Waals surface area contributed by atoms with Crippen molar-refractivity contribution in [1.29, 1.82) is 0 Å². The summed E-state index contributed by atoms with van der Waals surface area (Å²) in [7, 11) is 1.52. The minimum atomic E-state index is -1.52. The third-order valence-electron chi connectivity index (χ3n) is 11.9. The van der Waals surface area contributed by atoms with Crippen LogP contribution < -0.4 is 19.9 Å². The van der Waals surface area contributed by atoms with E-state index in [2.05, 4.69) is 5.32 Å². The number of methoxy groups -OCH3 is 1. The summed E-state index contributed by atoms with van der Waals surface area (Å²) in [5.74, 6) is -5.06. The van der Waals surface area contributed by atoms with Gasteiger partial charge in [-0.3, -0.25) is 24.1 Å². The maximum Gasteiger partial charge on any atom is 0.246 e. The Balaban J connectivity index is 1.18. The molecule has 6 unspecified atom stereocenters. The third kappa shape index (κ3) is 5.28. The van der Waals surface area contributed by atoms with E-state index in [0.29, 0.717) is 33.3 Å². The molecule has 5 aromatic rings. The van der Waals surface area contributed by atoms with E-state index in [9.17, 15) is 19.5 Å². The second kappa shape index (κ2) is 13.3.